The van der Waals surface area contributed by atoms with E-state index in [1.165, 1.54) is 0 Å². The van der Waals surface area contributed by atoms with Gasteiger partial charge in [0, 0.05) is 28.8 Å². The van der Waals surface area contributed by atoms with Gasteiger partial charge in [-0.05, 0) is 18.6 Å². The molecule has 1 aromatic heterocycles. The van der Waals surface area contributed by atoms with Gasteiger partial charge in [0.15, 0.2) is 11.5 Å². The van der Waals surface area contributed by atoms with E-state index < -0.39 is 5.41 Å². The van der Waals surface area contributed by atoms with Gasteiger partial charge in [-0.2, -0.15) is 0 Å². The quantitative estimate of drug-likeness (QED) is 0.710. The zero-order valence-electron chi connectivity index (χ0n) is 16.6. The molecule has 6 heteroatoms. The molecular weight excluding hydrogens is 342 g/mol. The Morgan fingerprint density at radius 1 is 1.07 bits per heavy atom. The molecule has 0 bridgehead atoms. The van der Waals surface area contributed by atoms with E-state index in [2.05, 4.69) is 15.3 Å². The molecule has 3 rings (SSSR count). The van der Waals surface area contributed by atoms with Crippen LogP contribution in [0.15, 0.2) is 30.3 Å². The van der Waals surface area contributed by atoms with E-state index in [1.807, 2.05) is 58.0 Å². The number of H-pyrrole nitrogens is 1. The van der Waals surface area contributed by atoms with E-state index in [-0.39, 0.29) is 5.91 Å². The minimum absolute atomic E-state index is 0.0261. The van der Waals surface area contributed by atoms with Crippen molar-refractivity contribution in [1.29, 1.82) is 0 Å². The second-order valence-corrected chi connectivity index (χ2v) is 7.54. The van der Waals surface area contributed by atoms with E-state index in [0.29, 0.717) is 17.3 Å². The Hall–Kier alpha value is -3.02. The maximum Gasteiger partial charge on any atom is 0.229 e. The van der Waals surface area contributed by atoms with Crippen LogP contribution < -0.4 is 14.8 Å². The van der Waals surface area contributed by atoms with Gasteiger partial charge in [0.1, 0.15) is 5.82 Å². The van der Waals surface area contributed by atoms with E-state index in [1.54, 1.807) is 14.2 Å². The Balaban J connectivity index is 2.01. The highest BCUT2D eigenvalue weighted by molar-refractivity contribution is 5.95. The van der Waals surface area contributed by atoms with Gasteiger partial charge in [-0.25, -0.2) is 4.98 Å². The number of methoxy groups -OCH3 is 2. The second-order valence-electron chi connectivity index (χ2n) is 7.54. The van der Waals surface area contributed by atoms with Gasteiger partial charge in [-0.3, -0.25) is 4.79 Å². The summed E-state index contributed by atoms with van der Waals surface area (Å²) in [6.45, 7) is 7.64. The third-order valence-corrected chi connectivity index (χ3v) is 4.43. The van der Waals surface area contributed by atoms with E-state index in [4.69, 9.17) is 9.47 Å². The number of anilines is 1. The fraction of sp³-hybridized carbons (Fsp3) is 0.333. The van der Waals surface area contributed by atoms with Crippen LogP contribution in [-0.4, -0.2) is 30.1 Å². The lowest BCUT2D eigenvalue weighted by Gasteiger charge is -2.19. The summed E-state index contributed by atoms with van der Waals surface area (Å²) in [5.41, 5.74) is 3.83. The maximum absolute atomic E-state index is 12.4. The maximum atomic E-state index is 12.4. The molecule has 27 heavy (non-hydrogen) atoms. The zero-order valence-corrected chi connectivity index (χ0v) is 16.6. The van der Waals surface area contributed by atoms with Crippen molar-refractivity contribution < 1.29 is 14.3 Å². The van der Waals surface area contributed by atoms with Crippen molar-refractivity contribution in [3.8, 4) is 22.9 Å². The van der Waals surface area contributed by atoms with Crippen LogP contribution in [0, 0.1) is 12.3 Å². The molecule has 0 atom stereocenters. The highest BCUT2D eigenvalue weighted by atomic mass is 16.5. The summed E-state index contributed by atoms with van der Waals surface area (Å²) in [4.78, 5) is 20.3. The average molecular weight is 367 g/mol. The summed E-state index contributed by atoms with van der Waals surface area (Å²) in [5, 5.41) is 3.01. The van der Waals surface area contributed by atoms with Gasteiger partial charge in [-0.15, -0.1) is 0 Å². The molecule has 0 aliphatic carbocycles. The first-order valence-electron chi connectivity index (χ1n) is 8.77. The molecule has 3 aromatic rings. The first kappa shape index (κ1) is 18.8. The monoisotopic (exact) mass is 367 g/mol. The molecule has 0 aliphatic rings. The fourth-order valence-corrected chi connectivity index (χ4v) is 2.69. The number of amides is 1. The summed E-state index contributed by atoms with van der Waals surface area (Å²) in [6, 6.07) is 9.59. The van der Waals surface area contributed by atoms with Crippen LogP contribution in [0.2, 0.25) is 0 Å². The molecule has 0 unspecified atom stereocenters. The molecule has 1 heterocycles. The number of aromatic amines is 1. The number of carbonyl (C=O) groups is 1. The summed E-state index contributed by atoms with van der Waals surface area (Å²) >= 11 is 0. The van der Waals surface area contributed by atoms with E-state index in [9.17, 15) is 4.79 Å². The average Bonchev–Trinajstić information content (AvgIpc) is 3.04. The number of carbonyl (C=O) groups excluding carboxylic acids is 1. The van der Waals surface area contributed by atoms with Crippen LogP contribution in [0.5, 0.6) is 11.5 Å². The Morgan fingerprint density at radius 2 is 1.74 bits per heavy atom. The van der Waals surface area contributed by atoms with Crippen molar-refractivity contribution in [3.05, 3.63) is 35.9 Å². The van der Waals surface area contributed by atoms with Crippen LogP contribution in [0.4, 0.5) is 5.69 Å². The summed E-state index contributed by atoms with van der Waals surface area (Å²) in [7, 11) is 3.20. The summed E-state index contributed by atoms with van der Waals surface area (Å²) in [6.07, 6.45) is 0. The predicted molar refractivity (Wildman–Crippen MR) is 107 cm³/mol. The topological polar surface area (TPSA) is 76.2 Å². The number of hydrogen-bond acceptors (Lipinski definition) is 4. The highest BCUT2D eigenvalue weighted by Gasteiger charge is 2.22. The minimum atomic E-state index is -0.463. The third kappa shape index (κ3) is 3.74. The van der Waals surface area contributed by atoms with Crippen LogP contribution in [0.1, 0.15) is 26.3 Å². The predicted octanol–water partition coefficient (Wildman–Crippen LogP) is 4.54. The molecule has 0 spiro atoms. The molecule has 0 fully saturated rings. The molecule has 142 valence electrons. The Morgan fingerprint density at radius 3 is 2.37 bits per heavy atom. The van der Waals surface area contributed by atoms with Crippen molar-refractivity contribution >= 4 is 22.6 Å². The van der Waals surface area contributed by atoms with Gasteiger partial charge in [0.05, 0.1) is 25.3 Å². The lowest BCUT2D eigenvalue weighted by atomic mass is 9.95. The van der Waals surface area contributed by atoms with Crippen LogP contribution >= 0.6 is 0 Å². The number of imidazole rings is 1. The number of benzene rings is 2. The SMILES string of the molecule is COc1cc2nc(-c3ccc(C)c(NC(=O)C(C)(C)C)c3)[nH]c2cc1OC. The fourth-order valence-electron chi connectivity index (χ4n) is 2.69. The number of nitrogens with one attached hydrogen (secondary N) is 2. The first-order chi connectivity index (χ1) is 12.7. The normalized spacial score (nSPS) is 11.5. The largest absolute Gasteiger partial charge is 0.493 e. The number of ether oxygens (including phenoxy) is 2. The smallest absolute Gasteiger partial charge is 0.229 e. The van der Waals surface area contributed by atoms with Gasteiger partial charge >= 0.3 is 0 Å². The molecule has 2 aromatic carbocycles. The van der Waals surface area contributed by atoms with Crippen LogP contribution in [-0.2, 0) is 4.79 Å². The Labute approximate surface area is 158 Å². The highest BCUT2D eigenvalue weighted by Crippen LogP contribution is 2.33. The van der Waals surface area contributed by atoms with E-state index >= 15 is 0 Å². The van der Waals surface area contributed by atoms with Crippen molar-refractivity contribution in [3.63, 3.8) is 0 Å². The summed E-state index contributed by atoms with van der Waals surface area (Å²) < 4.78 is 10.7. The minimum Gasteiger partial charge on any atom is -0.493 e. The number of aryl methyl sites for hydroxylation is 1. The Kier molecular flexibility index (Phi) is 4.83. The number of aromatic nitrogens is 2. The van der Waals surface area contributed by atoms with Crippen LogP contribution in [0.3, 0.4) is 0 Å². The number of rotatable bonds is 4. The molecule has 0 saturated carbocycles. The molecule has 0 saturated heterocycles. The molecule has 2 N–H and O–H groups in total. The van der Waals surface area contributed by atoms with Gasteiger partial charge in [0.2, 0.25) is 5.91 Å². The van der Waals surface area contributed by atoms with Crippen LogP contribution in [0.25, 0.3) is 22.4 Å². The van der Waals surface area contributed by atoms with Gasteiger partial charge in [0.25, 0.3) is 0 Å². The van der Waals surface area contributed by atoms with E-state index in [0.717, 1.165) is 27.8 Å². The summed E-state index contributed by atoms with van der Waals surface area (Å²) in [5.74, 6) is 1.96. The second kappa shape index (κ2) is 6.95. The van der Waals surface area contributed by atoms with Gasteiger partial charge < -0.3 is 19.8 Å². The number of nitrogens with zero attached hydrogens (tertiary/aromatic N) is 1. The van der Waals surface area contributed by atoms with Crippen molar-refractivity contribution in [2.24, 2.45) is 5.41 Å². The molecule has 0 aliphatic heterocycles. The van der Waals surface area contributed by atoms with Crippen molar-refractivity contribution in [1.82, 2.24) is 9.97 Å². The molecule has 6 nitrogen and oxygen atoms in total. The van der Waals surface area contributed by atoms with Gasteiger partial charge in [-0.1, -0.05) is 32.9 Å². The lowest BCUT2D eigenvalue weighted by Crippen LogP contribution is -2.27. The lowest BCUT2D eigenvalue weighted by molar-refractivity contribution is -0.123. The third-order valence-electron chi connectivity index (χ3n) is 4.43. The standard InChI is InChI=1S/C21H25N3O3/c1-12-7-8-13(9-14(12)24-20(25)21(2,3)4)19-22-15-10-17(26-5)18(27-6)11-16(15)23-19/h7-11H,1-6H3,(H,22,23)(H,24,25). The molecular formula is C21H25N3O3. The zero-order chi connectivity index (χ0) is 19.8. The van der Waals surface area contributed by atoms with Crippen molar-refractivity contribution in [2.75, 3.05) is 19.5 Å². The Bertz CT molecular complexity index is 959. The molecule has 1 amide bonds. The number of hydrogen-bond donors (Lipinski definition) is 2. The molecule has 0 radical (unpaired) electrons. The van der Waals surface area contributed by atoms with Crippen molar-refractivity contribution in [2.45, 2.75) is 27.7 Å². The number of fused-ring (bicyclic) bond motifs is 1. The first-order valence-corrected chi connectivity index (χ1v) is 8.77.